The summed E-state index contributed by atoms with van der Waals surface area (Å²) in [7, 11) is 0. The number of hydrogen-bond donors (Lipinski definition) is 1. The van der Waals surface area contributed by atoms with E-state index in [0.29, 0.717) is 10.8 Å². The Hall–Kier alpha value is -0.0500. The van der Waals surface area contributed by atoms with Crippen molar-refractivity contribution in [3.8, 4) is 0 Å². The Morgan fingerprint density at radius 2 is 1.95 bits per heavy atom. The SMILES string of the molecule is CC12CC3CC(C1)CC(C(N)c1ccc(Cl)s1)(C3)C2. The van der Waals surface area contributed by atoms with E-state index >= 15 is 0 Å². The molecule has 0 spiro atoms. The van der Waals surface area contributed by atoms with Crippen LogP contribution in [0.3, 0.4) is 0 Å². The van der Waals surface area contributed by atoms with E-state index in [4.69, 9.17) is 17.3 Å². The Kier molecular flexibility index (Phi) is 2.66. The van der Waals surface area contributed by atoms with E-state index in [0.717, 1.165) is 16.2 Å². The highest BCUT2D eigenvalue weighted by Crippen LogP contribution is 2.68. The van der Waals surface area contributed by atoms with Crippen molar-refractivity contribution in [1.29, 1.82) is 0 Å². The van der Waals surface area contributed by atoms with E-state index in [1.165, 1.54) is 43.4 Å². The molecule has 1 heterocycles. The van der Waals surface area contributed by atoms with Crippen LogP contribution in [0, 0.1) is 22.7 Å². The third kappa shape index (κ3) is 1.91. The molecule has 3 atom stereocenters. The van der Waals surface area contributed by atoms with Crippen LogP contribution in [0.4, 0.5) is 0 Å². The van der Waals surface area contributed by atoms with E-state index in [2.05, 4.69) is 13.0 Å². The van der Waals surface area contributed by atoms with Gasteiger partial charge in [0.05, 0.1) is 4.34 Å². The molecule has 4 aliphatic rings. The standard InChI is InChI=1S/C16H22ClNS/c1-15-5-10-4-11(6-15)8-16(7-10,9-15)14(18)12-2-3-13(17)19-12/h2-3,10-11,14H,4-9,18H2,1H3. The monoisotopic (exact) mass is 295 g/mol. The lowest BCUT2D eigenvalue weighted by molar-refractivity contribution is -0.113. The molecule has 104 valence electrons. The topological polar surface area (TPSA) is 26.0 Å². The van der Waals surface area contributed by atoms with Crippen molar-refractivity contribution in [2.75, 3.05) is 0 Å². The maximum absolute atomic E-state index is 6.72. The van der Waals surface area contributed by atoms with Crippen LogP contribution < -0.4 is 5.73 Å². The van der Waals surface area contributed by atoms with Crippen LogP contribution in [0.15, 0.2) is 12.1 Å². The molecule has 3 heteroatoms. The van der Waals surface area contributed by atoms with Crippen LogP contribution in [0.1, 0.15) is 56.4 Å². The Balaban J connectivity index is 1.70. The summed E-state index contributed by atoms with van der Waals surface area (Å²) in [6.07, 6.45) is 8.41. The smallest absolute Gasteiger partial charge is 0.0931 e. The molecular formula is C16H22ClNS. The third-order valence-corrected chi connectivity index (χ3v) is 7.27. The van der Waals surface area contributed by atoms with Crippen LogP contribution in [0.2, 0.25) is 4.34 Å². The van der Waals surface area contributed by atoms with Crippen LogP contribution in [-0.2, 0) is 0 Å². The highest BCUT2D eigenvalue weighted by atomic mass is 35.5. The average molecular weight is 296 g/mol. The zero-order valence-corrected chi connectivity index (χ0v) is 13.1. The maximum Gasteiger partial charge on any atom is 0.0931 e. The lowest BCUT2D eigenvalue weighted by atomic mass is 9.43. The molecule has 1 nitrogen and oxygen atoms in total. The molecule has 19 heavy (non-hydrogen) atoms. The fourth-order valence-corrected chi connectivity index (χ4v) is 7.16. The van der Waals surface area contributed by atoms with Crippen LogP contribution >= 0.6 is 22.9 Å². The fraction of sp³-hybridized carbons (Fsp3) is 0.750. The summed E-state index contributed by atoms with van der Waals surface area (Å²) in [6.45, 7) is 2.51. The van der Waals surface area contributed by atoms with Crippen LogP contribution in [0.5, 0.6) is 0 Å². The van der Waals surface area contributed by atoms with Gasteiger partial charge < -0.3 is 5.73 Å². The summed E-state index contributed by atoms with van der Waals surface area (Å²) < 4.78 is 0.876. The normalized spacial score (nSPS) is 45.6. The van der Waals surface area contributed by atoms with Gasteiger partial charge in [-0.3, -0.25) is 0 Å². The quantitative estimate of drug-likeness (QED) is 0.815. The molecule has 4 bridgehead atoms. The van der Waals surface area contributed by atoms with Gasteiger partial charge in [0.25, 0.3) is 0 Å². The number of thiophene rings is 1. The first-order valence-corrected chi connectivity index (χ1v) is 8.68. The molecule has 3 unspecified atom stereocenters. The predicted molar refractivity (Wildman–Crippen MR) is 81.5 cm³/mol. The first kappa shape index (κ1) is 12.7. The third-order valence-electron chi connectivity index (χ3n) is 5.96. The zero-order valence-electron chi connectivity index (χ0n) is 11.5. The number of nitrogens with two attached hydrogens (primary N) is 1. The Morgan fingerprint density at radius 1 is 1.26 bits per heavy atom. The highest BCUT2D eigenvalue weighted by Gasteiger charge is 2.58. The van der Waals surface area contributed by atoms with Gasteiger partial charge in [0, 0.05) is 10.9 Å². The second-order valence-corrected chi connectivity index (χ2v) is 9.50. The fourth-order valence-electron chi connectivity index (χ4n) is 5.96. The lowest BCUT2D eigenvalue weighted by Gasteiger charge is -2.63. The Morgan fingerprint density at radius 3 is 2.47 bits per heavy atom. The maximum atomic E-state index is 6.72. The van der Waals surface area contributed by atoms with Crippen molar-refractivity contribution in [2.45, 2.75) is 51.5 Å². The van der Waals surface area contributed by atoms with E-state index < -0.39 is 0 Å². The first-order valence-electron chi connectivity index (χ1n) is 7.49. The molecular weight excluding hydrogens is 274 g/mol. The number of hydrogen-bond acceptors (Lipinski definition) is 2. The zero-order chi connectivity index (χ0) is 13.3. The molecule has 0 aliphatic heterocycles. The molecule has 4 aliphatic carbocycles. The molecule has 2 N–H and O–H groups in total. The Labute approximate surface area is 124 Å². The van der Waals surface area contributed by atoms with Crippen molar-refractivity contribution in [3.63, 3.8) is 0 Å². The van der Waals surface area contributed by atoms with Gasteiger partial charge in [0.2, 0.25) is 0 Å². The van der Waals surface area contributed by atoms with Gasteiger partial charge in [-0.15, -0.1) is 11.3 Å². The molecule has 4 fully saturated rings. The second kappa shape index (κ2) is 3.99. The van der Waals surface area contributed by atoms with Crippen molar-refractivity contribution in [3.05, 3.63) is 21.3 Å². The van der Waals surface area contributed by atoms with Crippen molar-refractivity contribution < 1.29 is 0 Å². The summed E-state index contributed by atoms with van der Waals surface area (Å²) in [5.74, 6) is 1.88. The molecule has 4 saturated carbocycles. The van der Waals surface area contributed by atoms with E-state index in [1.807, 2.05) is 6.07 Å². The van der Waals surface area contributed by atoms with Crippen LogP contribution in [0.25, 0.3) is 0 Å². The molecule has 0 radical (unpaired) electrons. The van der Waals surface area contributed by atoms with Crippen molar-refractivity contribution >= 4 is 22.9 Å². The number of rotatable bonds is 2. The van der Waals surface area contributed by atoms with Gasteiger partial charge in [0.15, 0.2) is 0 Å². The van der Waals surface area contributed by atoms with Crippen molar-refractivity contribution in [2.24, 2.45) is 28.4 Å². The van der Waals surface area contributed by atoms with Gasteiger partial charge >= 0.3 is 0 Å². The molecule has 0 amide bonds. The second-order valence-electron chi connectivity index (χ2n) is 7.75. The minimum absolute atomic E-state index is 0.204. The van der Waals surface area contributed by atoms with Gasteiger partial charge in [0.1, 0.15) is 0 Å². The minimum atomic E-state index is 0.204. The van der Waals surface area contributed by atoms with Crippen LogP contribution in [-0.4, -0.2) is 0 Å². The highest BCUT2D eigenvalue weighted by molar-refractivity contribution is 7.16. The summed E-state index contributed by atoms with van der Waals surface area (Å²) in [5.41, 5.74) is 7.66. The summed E-state index contributed by atoms with van der Waals surface area (Å²) in [6, 6.07) is 4.36. The average Bonchev–Trinajstić information content (AvgIpc) is 2.71. The lowest BCUT2D eigenvalue weighted by Crippen LogP contribution is -2.54. The van der Waals surface area contributed by atoms with Gasteiger partial charge in [-0.05, 0) is 73.3 Å². The molecule has 0 saturated heterocycles. The molecule has 5 rings (SSSR count). The van der Waals surface area contributed by atoms with Gasteiger partial charge in [-0.25, -0.2) is 0 Å². The molecule has 0 aromatic carbocycles. The predicted octanol–water partition coefficient (Wildman–Crippen LogP) is 5.01. The van der Waals surface area contributed by atoms with E-state index in [-0.39, 0.29) is 6.04 Å². The van der Waals surface area contributed by atoms with Gasteiger partial charge in [-0.1, -0.05) is 18.5 Å². The first-order chi connectivity index (χ1) is 8.98. The van der Waals surface area contributed by atoms with Crippen molar-refractivity contribution in [1.82, 2.24) is 0 Å². The Bertz CT molecular complexity index is 495. The van der Waals surface area contributed by atoms with E-state index in [1.54, 1.807) is 11.3 Å². The van der Waals surface area contributed by atoms with E-state index in [9.17, 15) is 0 Å². The summed E-state index contributed by atoms with van der Waals surface area (Å²) in [4.78, 5) is 1.30. The summed E-state index contributed by atoms with van der Waals surface area (Å²) in [5, 5.41) is 0. The summed E-state index contributed by atoms with van der Waals surface area (Å²) >= 11 is 7.79. The minimum Gasteiger partial charge on any atom is -0.323 e. The molecule has 1 aromatic heterocycles. The number of halogens is 1. The molecule has 1 aromatic rings. The van der Waals surface area contributed by atoms with Gasteiger partial charge in [-0.2, -0.15) is 0 Å². The largest absolute Gasteiger partial charge is 0.323 e.